The van der Waals surface area contributed by atoms with Gasteiger partial charge in [-0.3, -0.25) is 14.4 Å². The summed E-state index contributed by atoms with van der Waals surface area (Å²) in [5.41, 5.74) is 4.68. The first-order valence-electron chi connectivity index (χ1n) is 11.7. The molecule has 0 unspecified atom stereocenters. The third kappa shape index (κ3) is 8.89. The largest absolute Gasteiger partial charge is 0.467 e. The second-order valence-electron chi connectivity index (χ2n) is 10.2. The number of carbonyl (C=O) groups is 4. The summed E-state index contributed by atoms with van der Waals surface area (Å²) in [6, 6.07) is 6.54. The highest BCUT2D eigenvalue weighted by atomic mass is 16.7. The molecule has 1 saturated heterocycles. The molecule has 1 aliphatic heterocycles. The number of rotatable bonds is 9. The molecule has 0 aromatic heterocycles. The SMILES string of the molecule is COC(=O)[C@H](CC(=O)OC(C)(C)C)NC(=O)[C@H](Cc1ccccc1)NC(=O)C1(N)COC(C)(C)OC1. The highest BCUT2D eigenvalue weighted by Crippen LogP contribution is 2.22. The number of nitrogens with one attached hydrogen (secondary N) is 2. The molecular weight excluding hydrogens is 470 g/mol. The Morgan fingerprint density at radius 2 is 1.61 bits per heavy atom. The fourth-order valence-electron chi connectivity index (χ4n) is 3.34. The minimum Gasteiger partial charge on any atom is -0.467 e. The maximum Gasteiger partial charge on any atom is 0.328 e. The molecule has 0 bridgehead atoms. The number of methoxy groups -OCH3 is 1. The Morgan fingerprint density at radius 3 is 2.14 bits per heavy atom. The van der Waals surface area contributed by atoms with Crippen molar-refractivity contribution in [3.63, 3.8) is 0 Å². The van der Waals surface area contributed by atoms with Gasteiger partial charge in [-0.1, -0.05) is 30.3 Å². The fraction of sp³-hybridized carbons (Fsp3) is 0.600. The Kier molecular flexibility index (Phi) is 9.58. The number of hydrogen-bond acceptors (Lipinski definition) is 9. The van der Waals surface area contributed by atoms with Crippen LogP contribution in [0.1, 0.15) is 46.6 Å². The van der Waals surface area contributed by atoms with E-state index in [9.17, 15) is 19.2 Å². The summed E-state index contributed by atoms with van der Waals surface area (Å²) in [5.74, 6) is -3.77. The normalized spacial score (nSPS) is 18.3. The Bertz CT molecular complexity index is 932. The molecule has 0 aliphatic carbocycles. The summed E-state index contributed by atoms with van der Waals surface area (Å²) in [5, 5.41) is 5.16. The van der Waals surface area contributed by atoms with E-state index in [-0.39, 0.29) is 19.6 Å². The summed E-state index contributed by atoms with van der Waals surface area (Å²) < 4.78 is 21.1. The maximum absolute atomic E-state index is 13.3. The number of benzene rings is 1. The van der Waals surface area contributed by atoms with Crippen LogP contribution in [0, 0.1) is 0 Å². The van der Waals surface area contributed by atoms with Gasteiger partial charge in [0.2, 0.25) is 11.8 Å². The molecule has 36 heavy (non-hydrogen) atoms. The average molecular weight is 508 g/mol. The predicted molar refractivity (Wildman–Crippen MR) is 129 cm³/mol. The maximum atomic E-state index is 13.3. The summed E-state index contributed by atoms with van der Waals surface area (Å²) in [6.07, 6.45) is -0.346. The Balaban J connectivity index is 2.21. The lowest BCUT2D eigenvalue weighted by molar-refractivity contribution is -0.263. The van der Waals surface area contributed by atoms with Crippen LogP contribution in [-0.4, -0.2) is 73.1 Å². The third-order valence-electron chi connectivity index (χ3n) is 5.30. The first kappa shape index (κ1) is 29.2. The number of hydrogen-bond donors (Lipinski definition) is 3. The van der Waals surface area contributed by atoms with E-state index in [4.69, 9.17) is 24.7 Å². The van der Waals surface area contributed by atoms with E-state index in [0.717, 1.165) is 12.7 Å². The van der Waals surface area contributed by atoms with E-state index in [1.807, 2.05) is 6.07 Å². The molecule has 0 spiro atoms. The van der Waals surface area contributed by atoms with E-state index in [1.54, 1.807) is 58.9 Å². The van der Waals surface area contributed by atoms with Gasteiger partial charge in [-0.05, 0) is 40.2 Å². The van der Waals surface area contributed by atoms with E-state index < -0.39 is 59.2 Å². The first-order valence-corrected chi connectivity index (χ1v) is 11.7. The van der Waals surface area contributed by atoms with E-state index >= 15 is 0 Å². The molecule has 4 N–H and O–H groups in total. The van der Waals surface area contributed by atoms with Crippen LogP contribution in [0.3, 0.4) is 0 Å². The number of nitrogens with two attached hydrogens (primary N) is 1. The van der Waals surface area contributed by atoms with Crippen LogP contribution in [0.2, 0.25) is 0 Å². The fourth-order valence-corrected chi connectivity index (χ4v) is 3.34. The number of ether oxygens (including phenoxy) is 4. The molecule has 1 aliphatic rings. The van der Waals surface area contributed by atoms with Crippen LogP contribution in [0.25, 0.3) is 0 Å². The molecule has 1 aromatic rings. The Hall–Kier alpha value is -3.02. The summed E-state index contributed by atoms with van der Waals surface area (Å²) in [7, 11) is 1.14. The number of carbonyl (C=O) groups excluding carboxylic acids is 4. The zero-order valence-electron chi connectivity index (χ0n) is 21.7. The third-order valence-corrected chi connectivity index (χ3v) is 5.30. The highest BCUT2D eigenvalue weighted by Gasteiger charge is 2.44. The number of amides is 2. The highest BCUT2D eigenvalue weighted by molar-refractivity contribution is 5.94. The van der Waals surface area contributed by atoms with Gasteiger partial charge in [0.1, 0.15) is 23.2 Å². The lowest BCUT2D eigenvalue weighted by atomic mass is 9.98. The molecule has 2 amide bonds. The molecular formula is C25H37N3O8. The van der Waals surface area contributed by atoms with Crippen molar-refractivity contribution in [1.29, 1.82) is 0 Å². The average Bonchev–Trinajstić information content (AvgIpc) is 2.79. The summed E-state index contributed by atoms with van der Waals surface area (Å²) in [4.78, 5) is 51.0. The van der Waals surface area contributed by atoms with Crippen molar-refractivity contribution < 1.29 is 38.1 Å². The van der Waals surface area contributed by atoms with Crippen LogP contribution in [-0.2, 0) is 44.5 Å². The van der Waals surface area contributed by atoms with Crippen LogP contribution in [0.15, 0.2) is 30.3 Å². The zero-order chi connectivity index (χ0) is 27.1. The van der Waals surface area contributed by atoms with Gasteiger partial charge in [0.15, 0.2) is 5.79 Å². The van der Waals surface area contributed by atoms with Crippen LogP contribution in [0.5, 0.6) is 0 Å². The molecule has 0 radical (unpaired) electrons. The second-order valence-corrected chi connectivity index (χ2v) is 10.2. The van der Waals surface area contributed by atoms with Crippen LogP contribution < -0.4 is 16.4 Å². The van der Waals surface area contributed by atoms with Gasteiger partial charge in [-0.25, -0.2) is 4.79 Å². The topological polar surface area (TPSA) is 155 Å². The van der Waals surface area contributed by atoms with Gasteiger partial charge in [0.25, 0.3) is 0 Å². The Labute approximate surface area is 211 Å². The van der Waals surface area contributed by atoms with Crippen molar-refractivity contribution in [3.05, 3.63) is 35.9 Å². The second kappa shape index (κ2) is 11.8. The molecule has 200 valence electrons. The van der Waals surface area contributed by atoms with Crippen molar-refractivity contribution in [2.45, 2.75) is 76.5 Å². The minimum absolute atomic E-state index is 0.0992. The smallest absolute Gasteiger partial charge is 0.328 e. The number of esters is 2. The molecule has 1 fully saturated rings. The predicted octanol–water partition coefficient (Wildman–Crippen LogP) is 0.584. The monoisotopic (exact) mass is 507 g/mol. The summed E-state index contributed by atoms with van der Waals surface area (Å²) >= 11 is 0. The quantitative estimate of drug-likeness (QED) is 0.407. The molecule has 11 heteroatoms. The van der Waals surface area contributed by atoms with Crippen molar-refractivity contribution in [2.24, 2.45) is 5.73 Å². The van der Waals surface area contributed by atoms with Gasteiger partial charge < -0.3 is 35.3 Å². The molecule has 1 aromatic carbocycles. The van der Waals surface area contributed by atoms with Gasteiger partial charge in [-0.15, -0.1) is 0 Å². The molecule has 2 rings (SSSR count). The van der Waals surface area contributed by atoms with Gasteiger partial charge in [0.05, 0.1) is 26.7 Å². The van der Waals surface area contributed by atoms with E-state index in [0.29, 0.717) is 0 Å². The lowest BCUT2D eigenvalue weighted by Crippen LogP contribution is -2.67. The summed E-state index contributed by atoms with van der Waals surface area (Å²) in [6.45, 7) is 8.23. The van der Waals surface area contributed by atoms with Gasteiger partial charge in [-0.2, -0.15) is 0 Å². The van der Waals surface area contributed by atoms with E-state index in [1.165, 1.54) is 0 Å². The van der Waals surface area contributed by atoms with Crippen LogP contribution >= 0.6 is 0 Å². The first-order chi connectivity index (χ1) is 16.6. The van der Waals surface area contributed by atoms with Crippen molar-refractivity contribution in [2.75, 3.05) is 20.3 Å². The van der Waals surface area contributed by atoms with E-state index in [2.05, 4.69) is 10.6 Å². The van der Waals surface area contributed by atoms with Gasteiger partial charge >= 0.3 is 11.9 Å². The van der Waals surface area contributed by atoms with Crippen molar-refractivity contribution >= 4 is 23.8 Å². The molecule has 0 saturated carbocycles. The lowest BCUT2D eigenvalue weighted by Gasteiger charge is -2.40. The molecule has 2 atom stereocenters. The minimum atomic E-state index is -1.52. The zero-order valence-corrected chi connectivity index (χ0v) is 21.7. The molecule has 11 nitrogen and oxygen atoms in total. The van der Waals surface area contributed by atoms with Crippen LogP contribution in [0.4, 0.5) is 0 Å². The Morgan fingerprint density at radius 1 is 1.03 bits per heavy atom. The van der Waals surface area contributed by atoms with Crippen molar-refractivity contribution in [1.82, 2.24) is 10.6 Å². The molecule has 1 heterocycles. The standard InChI is InChI=1S/C25H37N3O8/c1-23(2,3)36-19(29)13-18(21(31)33-6)27-20(30)17(12-16-10-8-7-9-11-16)28-22(32)25(26)14-34-24(4,5)35-15-25/h7-11,17-18H,12-15,26H2,1-6H3,(H,27,30)(H,28,32)/t17-,18-/m0/s1. The van der Waals surface area contributed by atoms with Crippen molar-refractivity contribution in [3.8, 4) is 0 Å². The van der Waals surface area contributed by atoms with Gasteiger partial charge in [0, 0.05) is 6.42 Å².